The second kappa shape index (κ2) is 5.02. The molecule has 5 heteroatoms. The maximum Gasteiger partial charge on any atom is 0.229 e. The van der Waals surface area contributed by atoms with Gasteiger partial charge in [-0.15, -0.1) is 0 Å². The summed E-state index contributed by atoms with van der Waals surface area (Å²) in [5, 5.41) is 3.29. The van der Waals surface area contributed by atoms with Crippen LogP contribution in [0.1, 0.15) is 19.0 Å². The Bertz CT molecular complexity index is 437. The van der Waals surface area contributed by atoms with Gasteiger partial charge in [0.05, 0.1) is 30.0 Å². The molecule has 2 heterocycles. The van der Waals surface area contributed by atoms with Gasteiger partial charge in [-0.3, -0.25) is 4.79 Å². The summed E-state index contributed by atoms with van der Waals surface area (Å²) in [5.74, 6) is -0.0818. The maximum atomic E-state index is 11.9. The first-order valence-electron chi connectivity index (χ1n) is 5.62. The molecule has 0 aliphatic carbocycles. The molecule has 4 nitrogen and oxygen atoms in total. The van der Waals surface area contributed by atoms with Crippen molar-refractivity contribution in [1.82, 2.24) is 4.98 Å². The highest BCUT2D eigenvalue weighted by Crippen LogP contribution is 2.22. The van der Waals surface area contributed by atoms with E-state index in [2.05, 4.69) is 10.3 Å². The van der Waals surface area contributed by atoms with Crippen molar-refractivity contribution < 1.29 is 9.53 Å². The molecule has 1 fully saturated rings. The van der Waals surface area contributed by atoms with Crippen LogP contribution in [-0.2, 0) is 9.53 Å². The second-order valence-corrected chi connectivity index (χ2v) is 4.72. The second-order valence-electron chi connectivity index (χ2n) is 4.33. The zero-order chi connectivity index (χ0) is 12.4. The zero-order valence-electron chi connectivity index (χ0n) is 9.87. The van der Waals surface area contributed by atoms with Crippen LogP contribution in [0.2, 0.25) is 5.15 Å². The molecule has 2 atom stereocenters. The summed E-state index contributed by atoms with van der Waals surface area (Å²) < 4.78 is 5.38. The van der Waals surface area contributed by atoms with Gasteiger partial charge in [0.1, 0.15) is 5.15 Å². The molecule has 0 radical (unpaired) electrons. The Morgan fingerprint density at radius 2 is 2.35 bits per heavy atom. The van der Waals surface area contributed by atoms with Crippen LogP contribution in [0.5, 0.6) is 0 Å². The van der Waals surface area contributed by atoms with E-state index >= 15 is 0 Å². The van der Waals surface area contributed by atoms with E-state index in [-0.39, 0.29) is 17.9 Å². The van der Waals surface area contributed by atoms with Crippen LogP contribution in [0.4, 0.5) is 5.69 Å². The highest BCUT2D eigenvalue weighted by atomic mass is 35.5. The summed E-state index contributed by atoms with van der Waals surface area (Å²) in [6.07, 6.45) is 0.932. The molecule has 1 saturated heterocycles. The number of rotatable bonds is 2. The van der Waals surface area contributed by atoms with Crippen molar-refractivity contribution in [2.75, 3.05) is 11.9 Å². The van der Waals surface area contributed by atoms with Crippen molar-refractivity contribution >= 4 is 23.2 Å². The molecule has 0 saturated carbocycles. The van der Waals surface area contributed by atoms with Crippen LogP contribution in [0.3, 0.4) is 0 Å². The first-order valence-corrected chi connectivity index (χ1v) is 5.99. The Balaban J connectivity index is 2.03. The highest BCUT2D eigenvalue weighted by Gasteiger charge is 2.28. The Morgan fingerprint density at radius 3 is 2.94 bits per heavy atom. The molecule has 1 aliphatic heterocycles. The number of nitrogens with one attached hydrogen (secondary N) is 1. The monoisotopic (exact) mass is 254 g/mol. The van der Waals surface area contributed by atoms with Crippen LogP contribution in [0.25, 0.3) is 0 Å². The van der Waals surface area contributed by atoms with Gasteiger partial charge < -0.3 is 10.1 Å². The van der Waals surface area contributed by atoms with Crippen molar-refractivity contribution in [2.24, 2.45) is 5.92 Å². The van der Waals surface area contributed by atoms with E-state index in [0.29, 0.717) is 17.4 Å². The molecule has 0 aromatic carbocycles. The number of hydrogen-bond donors (Lipinski definition) is 1. The van der Waals surface area contributed by atoms with E-state index < -0.39 is 0 Å². The summed E-state index contributed by atoms with van der Waals surface area (Å²) in [6, 6.07) is 3.43. The number of carbonyl (C=O) groups is 1. The molecule has 1 aromatic rings. The van der Waals surface area contributed by atoms with Gasteiger partial charge in [0.15, 0.2) is 0 Å². The Labute approximate surface area is 105 Å². The highest BCUT2D eigenvalue weighted by molar-refractivity contribution is 6.29. The Morgan fingerprint density at radius 1 is 1.59 bits per heavy atom. The van der Waals surface area contributed by atoms with Gasteiger partial charge >= 0.3 is 0 Å². The van der Waals surface area contributed by atoms with E-state index in [0.717, 1.165) is 12.1 Å². The molecule has 0 bridgehead atoms. The zero-order valence-corrected chi connectivity index (χ0v) is 10.6. The predicted molar refractivity (Wildman–Crippen MR) is 66.1 cm³/mol. The molecule has 2 unspecified atom stereocenters. The summed E-state index contributed by atoms with van der Waals surface area (Å²) >= 11 is 5.76. The molecule has 17 heavy (non-hydrogen) atoms. The molecule has 0 spiro atoms. The van der Waals surface area contributed by atoms with Crippen LogP contribution in [-0.4, -0.2) is 23.6 Å². The smallest absolute Gasteiger partial charge is 0.229 e. The molecule has 2 rings (SSSR count). The number of anilines is 1. The standard InChI is InChI=1S/C12H15ClN2O2/c1-7-5-9(6-17-7)12(16)15-10-3-4-11(13)14-8(10)2/h3-4,7,9H,5-6H2,1-2H3,(H,15,16). The number of amides is 1. The lowest BCUT2D eigenvalue weighted by molar-refractivity contribution is -0.119. The minimum Gasteiger partial charge on any atom is -0.378 e. The largest absolute Gasteiger partial charge is 0.378 e. The van der Waals surface area contributed by atoms with Gasteiger partial charge in [-0.2, -0.15) is 0 Å². The fraction of sp³-hybridized carbons (Fsp3) is 0.500. The summed E-state index contributed by atoms with van der Waals surface area (Å²) in [5.41, 5.74) is 1.43. The Hall–Kier alpha value is -1.13. The van der Waals surface area contributed by atoms with Crippen LogP contribution in [0, 0.1) is 12.8 Å². The van der Waals surface area contributed by atoms with Crippen LogP contribution in [0.15, 0.2) is 12.1 Å². The third kappa shape index (κ3) is 2.96. The minimum absolute atomic E-state index is 0.0124. The van der Waals surface area contributed by atoms with Gasteiger partial charge in [-0.25, -0.2) is 4.98 Å². The summed E-state index contributed by atoms with van der Waals surface area (Å²) in [7, 11) is 0. The average molecular weight is 255 g/mol. The first-order chi connectivity index (χ1) is 8.06. The van der Waals surface area contributed by atoms with Crippen molar-refractivity contribution in [3.63, 3.8) is 0 Å². The number of ether oxygens (including phenoxy) is 1. The predicted octanol–water partition coefficient (Wildman–Crippen LogP) is 2.41. The topological polar surface area (TPSA) is 51.2 Å². The SMILES string of the molecule is Cc1nc(Cl)ccc1NC(=O)C1COC(C)C1. The van der Waals surface area contributed by atoms with Crippen LogP contribution < -0.4 is 5.32 Å². The molecule has 1 aromatic heterocycles. The minimum atomic E-state index is -0.0694. The van der Waals surface area contributed by atoms with Gasteiger partial charge in [0, 0.05) is 0 Å². The van der Waals surface area contributed by atoms with E-state index in [4.69, 9.17) is 16.3 Å². The number of carbonyl (C=O) groups excluding carboxylic acids is 1. The third-order valence-electron chi connectivity index (χ3n) is 2.88. The maximum absolute atomic E-state index is 11.9. The van der Waals surface area contributed by atoms with Crippen molar-refractivity contribution in [3.05, 3.63) is 23.0 Å². The third-order valence-corrected chi connectivity index (χ3v) is 3.09. The van der Waals surface area contributed by atoms with E-state index in [1.54, 1.807) is 12.1 Å². The van der Waals surface area contributed by atoms with E-state index in [1.807, 2.05) is 13.8 Å². The molecular formula is C12H15ClN2O2. The number of nitrogens with zero attached hydrogens (tertiary/aromatic N) is 1. The fourth-order valence-corrected chi connectivity index (χ4v) is 2.09. The molecule has 92 valence electrons. The lowest BCUT2D eigenvalue weighted by Gasteiger charge is -2.11. The summed E-state index contributed by atoms with van der Waals surface area (Å²) in [6.45, 7) is 4.28. The van der Waals surface area contributed by atoms with E-state index in [9.17, 15) is 4.79 Å². The summed E-state index contributed by atoms with van der Waals surface area (Å²) in [4.78, 5) is 16.0. The number of halogens is 1. The molecule has 1 amide bonds. The van der Waals surface area contributed by atoms with Gasteiger partial charge in [0.25, 0.3) is 0 Å². The first kappa shape index (κ1) is 12.3. The molecule has 1 N–H and O–H groups in total. The number of pyridine rings is 1. The number of aromatic nitrogens is 1. The average Bonchev–Trinajstić information content (AvgIpc) is 2.69. The van der Waals surface area contributed by atoms with Crippen LogP contribution >= 0.6 is 11.6 Å². The van der Waals surface area contributed by atoms with Gasteiger partial charge in [-0.05, 0) is 32.4 Å². The number of aryl methyl sites for hydroxylation is 1. The normalized spacial score (nSPS) is 23.7. The fourth-order valence-electron chi connectivity index (χ4n) is 1.90. The van der Waals surface area contributed by atoms with Gasteiger partial charge in [-0.1, -0.05) is 11.6 Å². The Kier molecular flexibility index (Phi) is 3.64. The lowest BCUT2D eigenvalue weighted by atomic mass is 10.1. The van der Waals surface area contributed by atoms with Crippen molar-refractivity contribution in [1.29, 1.82) is 0 Å². The lowest BCUT2D eigenvalue weighted by Crippen LogP contribution is -2.23. The van der Waals surface area contributed by atoms with Crippen molar-refractivity contribution in [2.45, 2.75) is 26.4 Å². The quantitative estimate of drug-likeness (QED) is 0.825. The van der Waals surface area contributed by atoms with E-state index in [1.165, 1.54) is 0 Å². The van der Waals surface area contributed by atoms with Gasteiger partial charge in [0.2, 0.25) is 5.91 Å². The number of hydrogen-bond acceptors (Lipinski definition) is 3. The van der Waals surface area contributed by atoms with Crippen molar-refractivity contribution in [3.8, 4) is 0 Å². The molecule has 1 aliphatic rings. The molecular weight excluding hydrogens is 240 g/mol.